The molecule has 3 heterocycles. The second-order valence-corrected chi connectivity index (χ2v) is 6.65. The summed E-state index contributed by atoms with van der Waals surface area (Å²) in [5, 5.41) is 0.544. The first-order valence-corrected chi connectivity index (χ1v) is 8.48. The third kappa shape index (κ3) is 2.72. The summed E-state index contributed by atoms with van der Waals surface area (Å²) in [7, 11) is 3.79. The fraction of sp³-hybridized carbons (Fsp3) is 0.278. The SMILES string of the molecule is CN1CCN(c2cc(-c3nc4ccccc4n3C)c(Cl)cn2)CC1=O. The van der Waals surface area contributed by atoms with Crippen molar-refractivity contribution in [2.75, 3.05) is 31.6 Å². The number of imidazole rings is 1. The van der Waals surface area contributed by atoms with E-state index in [2.05, 4.69) is 4.98 Å². The number of hydrogen-bond donors (Lipinski definition) is 0. The second-order valence-electron chi connectivity index (χ2n) is 6.24. The molecular formula is C18H18ClN5O. The molecule has 0 saturated carbocycles. The van der Waals surface area contributed by atoms with E-state index < -0.39 is 0 Å². The molecule has 4 rings (SSSR count). The van der Waals surface area contributed by atoms with Crippen molar-refractivity contribution in [3.05, 3.63) is 41.6 Å². The maximum absolute atomic E-state index is 12.0. The van der Waals surface area contributed by atoms with E-state index >= 15 is 0 Å². The molecule has 0 radical (unpaired) electrons. The molecule has 0 bridgehead atoms. The lowest BCUT2D eigenvalue weighted by atomic mass is 10.2. The summed E-state index contributed by atoms with van der Waals surface area (Å²) in [6.07, 6.45) is 1.63. The highest BCUT2D eigenvalue weighted by Crippen LogP contribution is 2.31. The van der Waals surface area contributed by atoms with Gasteiger partial charge in [0, 0.05) is 38.9 Å². The Morgan fingerprint density at radius 2 is 1.96 bits per heavy atom. The van der Waals surface area contributed by atoms with Crippen molar-refractivity contribution in [2.45, 2.75) is 0 Å². The van der Waals surface area contributed by atoms with Gasteiger partial charge in [0.25, 0.3) is 0 Å². The van der Waals surface area contributed by atoms with Crippen LogP contribution in [-0.2, 0) is 11.8 Å². The van der Waals surface area contributed by atoms with E-state index in [0.29, 0.717) is 18.1 Å². The maximum atomic E-state index is 12.0. The van der Waals surface area contributed by atoms with Gasteiger partial charge in [-0.15, -0.1) is 0 Å². The van der Waals surface area contributed by atoms with Gasteiger partial charge in [-0.05, 0) is 18.2 Å². The Bertz CT molecular complexity index is 967. The van der Waals surface area contributed by atoms with Crippen LogP contribution in [0.3, 0.4) is 0 Å². The minimum atomic E-state index is 0.0901. The van der Waals surface area contributed by atoms with Crippen molar-refractivity contribution in [2.24, 2.45) is 7.05 Å². The van der Waals surface area contributed by atoms with E-state index in [1.807, 2.05) is 53.9 Å². The average molecular weight is 356 g/mol. The number of anilines is 1. The molecule has 1 amide bonds. The van der Waals surface area contributed by atoms with Crippen LogP contribution < -0.4 is 4.90 Å². The van der Waals surface area contributed by atoms with E-state index in [4.69, 9.17) is 16.6 Å². The molecule has 1 fully saturated rings. The number of fused-ring (bicyclic) bond motifs is 1. The highest BCUT2D eigenvalue weighted by atomic mass is 35.5. The number of aryl methyl sites for hydroxylation is 1. The van der Waals surface area contributed by atoms with Crippen LogP contribution in [0.1, 0.15) is 0 Å². The van der Waals surface area contributed by atoms with Crippen LogP contribution in [0, 0.1) is 0 Å². The molecule has 0 N–H and O–H groups in total. The molecule has 3 aromatic rings. The van der Waals surface area contributed by atoms with Crippen molar-refractivity contribution in [1.82, 2.24) is 19.4 Å². The Labute approximate surface area is 150 Å². The van der Waals surface area contributed by atoms with Gasteiger partial charge in [-0.25, -0.2) is 9.97 Å². The van der Waals surface area contributed by atoms with Gasteiger partial charge in [0.05, 0.1) is 22.6 Å². The smallest absolute Gasteiger partial charge is 0.241 e. The minimum Gasteiger partial charge on any atom is -0.346 e. The zero-order valence-electron chi connectivity index (χ0n) is 14.1. The fourth-order valence-corrected chi connectivity index (χ4v) is 3.30. The first-order chi connectivity index (χ1) is 12.0. The third-order valence-electron chi connectivity index (χ3n) is 4.65. The molecule has 1 aromatic carbocycles. The Hall–Kier alpha value is -2.60. The number of nitrogens with zero attached hydrogens (tertiary/aromatic N) is 5. The lowest BCUT2D eigenvalue weighted by Crippen LogP contribution is -2.48. The molecule has 0 spiro atoms. The lowest BCUT2D eigenvalue weighted by Gasteiger charge is -2.32. The zero-order chi connectivity index (χ0) is 17.6. The minimum absolute atomic E-state index is 0.0901. The Kier molecular flexibility index (Phi) is 3.84. The summed E-state index contributed by atoms with van der Waals surface area (Å²) >= 11 is 6.41. The highest BCUT2D eigenvalue weighted by Gasteiger charge is 2.23. The van der Waals surface area contributed by atoms with Crippen LogP contribution >= 0.6 is 11.6 Å². The van der Waals surface area contributed by atoms with Gasteiger partial charge in [-0.2, -0.15) is 0 Å². The predicted octanol–water partition coefficient (Wildman–Crippen LogP) is 2.57. The summed E-state index contributed by atoms with van der Waals surface area (Å²) in [4.78, 5) is 24.8. The number of carbonyl (C=O) groups excluding carboxylic acids is 1. The number of amides is 1. The number of pyridine rings is 1. The quantitative estimate of drug-likeness (QED) is 0.709. The Morgan fingerprint density at radius 1 is 1.16 bits per heavy atom. The first-order valence-electron chi connectivity index (χ1n) is 8.11. The number of hydrogen-bond acceptors (Lipinski definition) is 4. The Balaban J connectivity index is 1.77. The molecule has 2 aromatic heterocycles. The number of piperazine rings is 1. The van der Waals surface area contributed by atoms with Crippen molar-refractivity contribution in [3.63, 3.8) is 0 Å². The number of likely N-dealkylation sites (N-methyl/N-ethyl adjacent to an activating group) is 1. The molecule has 25 heavy (non-hydrogen) atoms. The lowest BCUT2D eigenvalue weighted by molar-refractivity contribution is -0.129. The Morgan fingerprint density at radius 3 is 2.72 bits per heavy atom. The van der Waals surface area contributed by atoms with Gasteiger partial charge >= 0.3 is 0 Å². The molecule has 7 heteroatoms. The molecule has 0 aliphatic carbocycles. The van der Waals surface area contributed by atoms with Crippen LogP contribution in [0.25, 0.3) is 22.4 Å². The molecule has 1 saturated heterocycles. The van der Waals surface area contributed by atoms with Gasteiger partial charge in [0.15, 0.2) is 0 Å². The molecule has 6 nitrogen and oxygen atoms in total. The fourth-order valence-electron chi connectivity index (χ4n) is 3.11. The second kappa shape index (κ2) is 6.04. The number of benzene rings is 1. The molecular weight excluding hydrogens is 338 g/mol. The normalized spacial score (nSPS) is 15.2. The largest absolute Gasteiger partial charge is 0.346 e. The molecule has 1 aliphatic heterocycles. The number of halogens is 1. The van der Waals surface area contributed by atoms with E-state index in [0.717, 1.165) is 34.8 Å². The van der Waals surface area contributed by atoms with Crippen LogP contribution in [0.15, 0.2) is 36.5 Å². The summed E-state index contributed by atoms with van der Waals surface area (Å²) in [6.45, 7) is 1.76. The molecule has 0 atom stereocenters. The number of para-hydroxylation sites is 2. The van der Waals surface area contributed by atoms with Crippen LogP contribution in [0.4, 0.5) is 5.82 Å². The van der Waals surface area contributed by atoms with E-state index in [-0.39, 0.29) is 5.91 Å². The van der Waals surface area contributed by atoms with Crippen molar-refractivity contribution in [1.29, 1.82) is 0 Å². The number of aromatic nitrogens is 3. The van der Waals surface area contributed by atoms with Crippen molar-refractivity contribution in [3.8, 4) is 11.4 Å². The van der Waals surface area contributed by atoms with E-state index in [1.54, 1.807) is 11.1 Å². The summed E-state index contributed by atoms with van der Waals surface area (Å²) in [6, 6.07) is 9.88. The molecule has 128 valence electrons. The monoisotopic (exact) mass is 355 g/mol. The van der Waals surface area contributed by atoms with Crippen LogP contribution in [-0.4, -0.2) is 52.0 Å². The summed E-state index contributed by atoms with van der Waals surface area (Å²) < 4.78 is 2.02. The van der Waals surface area contributed by atoms with E-state index in [9.17, 15) is 4.79 Å². The maximum Gasteiger partial charge on any atom is 0.241 e. The van der Waals surface area contributed by atoms with Gasteiger partial charge in [-0.1, -0.05) is 23.7 Å². The topological polar surface area (TPSA) is 54.3 Å². The number of rotatable bonds is 2. The van der Waals surface area contributed by atoms with Gasteiger partial charge in [0.2, 0.25) is 5.91 Å². The molecule has 1 aliphatic rings. The molecule has 0 unspecified atom stereocenters. The predicted molar refractivity (Wildman–Crippen MR) is 98.8 cm³/mol. The number of carbonyl (C=O) groups is 1. The van der Waals surface area contributed by atoms with Gasteiger partial charge < -0.3 is 14.4 Å². The highest BCUT2D eigenvalue weighted by molar-refractivity contribution is 6.33. The first kappa shape index (κ1) is 15.9. The standard InChI is InChI=1S/C18H18ClN5O/c1-22-7-8-24(11-17(22)25)16-9-12(13(19)10-20-16)18-21-14-5-3-4-6-15(14)23(18)2/h3-6,9-10H,7-8,11H2,1-2H3. The third-order valence-corrected chi connectivity index (χ3v) is 4.95. The van der Waals surface area contributed by atoms with Crippen molar-refractivity contribution >= 4 is 34.4 Å². The van der Waals surface area contributed by atoms with Gasteiger partial charge in [-0.3, -0.25) is 4.79 Å². The van der Waals surface area contributed by atoms with Gasteiger partial charge in [0.1, 0.15) is 11.6 Å². The van der Waals surface area contributed by atoms with Crippen LogP contribution in [0.5, 0.6) is 0 Å². The summed E-state index contributed by atoms with van der Waals surface area (Å²) in [5.41, 5.74) is 2.78. The van der Waals surface area contributed by atoms with Crippen molar-refractivity contribution < 1.29 is 4.79 Å². The average Bonchev–Trinajstić information content (AvgIpc) is 2.95. The zero-order valence-corrected chi connectivity index (χ0v) is 14.9. The summed E-state index contributed by atoms with van der Waals surface area (Å²) in [5.74, 6) is 1.62. The van der Waals surface area contributed by atoms with E-state index in [1.165, 1.54) is 0 Å². The van der Waals surface area contributed by atoms with Crippen LogP contribution in [0.2, 0.25) is 5.02 Å².